The Kier molecular flexibility index (Phi) is 8.20. The second-order valence-electron chi connectivity index (χ2n) is 9.21. The van der Waals surface area contributed by atoms with Gasteiger partial charge < -0.3 is 25.0 Å². The molecule has 1 atom stereocenters. The van der Waals surface area contributed by atoms with E-state index in [4.69, 9.17) is 14.6 Å². The molecule has 172 valence electrons. The fourth-order valence-corrected chi connectivity index (χ4v) is 3.34. The number of hydrogen-bond donors (Lipinski definition) is 3. The van der Waals surface area contributed by atoms with E-state index in [1.165, 1.54) is 6.92 Å². The molecule has 8 nitrogen and oxygen atoms in total. The van der Waals surface area contributed by atoms with E-state index in [1.807, 2.05) is 12.1 Å². The van der Waals surface area contributed by atoms with Crippen LogP contribution in [0, 0.1) is 5.92 Å². The summed E-state index contributed by atoms with van der Waals surface area (Å²) in [6, 6.07) is 6.22. The maximum atomic E-state index is 12.5. The predicted molar refractivity (Wildman–Crippen MR) is 114 cm³/mol. The molecule has 1 aliphatic heterocycles. The van der Waals surface area contributed by atoms with E-state index in [1.54, 1.807) is 12.1 Å². The first kappa shape index (κ1) is 24.8. The monoisotopic (exact) mass is 435 g/mol. The third-order valence-electron chi connectivity index (χ3n) is 5.55. The Balaban J connectivity index is 1.78. The summed E-state index contributed by atoms with van der Waals surface area (Å²) in [6.45, 7) is 8.19. The van der Waals surface area contributed by atoms with Crippen LogP contribution in [0.25, 0.3) is 0 Å². The number of amides is 1. The molecule has 1 amide bonds. The minimum absolute atomic E-state index is 0.0285. The number of carbonyl (C=O) groups is 3. The molecule has 2 rings (SSSR count). The van der Waals surface area contributed by atoms with Crippen LogP contribution in [0.5, 0.6) is 0 Å². The normalized spacial score (nSPS) is 22.5. The molecule has 1 fully saturated rings. The van der Waals surface area contributed by atoms with Crippen LogP contribution in [0.1, 0.15) is 69.3 Å². The van der Waals surface area contributed by atoms with Crippen molar-refractivity contribution in [3.05, 3.63) is 35.4 Å². The number of ether oxygens (including phenoxy) is 2. The van der Waals surface area contributed by atoms with Gasteiger partial charge in [0.1, 0.15) is 6.04 Å². The highest BCUT2D eigenvalue weighted by Gasteiger charge is 2.40. The van der Waals surface area contributed by atoms with Gasteiger partial charge in [-0.2, -0.15) is 0 Å². The minimum Gasteiger partial charge on any atom is -0.480 e. The van der Waals surface area contributed by atoms with Gasteiger partial charge in [-0.25, -0.2) is 9.59 Å². The van der Waals surface area contributed by atoms with Crippen molar-refractivity contribution in [3.63, 3.8) is 0 Å². The molecule has 0 aliphatic carbocycles. The molecular weight excluding hydrogens is 402 g/mol. The number of benzene rings is 1. The molecule has 1 aromatic rings. The molecule has 0 aromatic heterocycles. The summed E-state index contributed by atoms with van der Waals surface area (Å²) >= 11 is 0. The number of unbranched alkanes of at least 4 members (excludes halogenated alkanes) is 1. The van der Waals surface area contributed by atoms with Gasteiger partial charge >= 0.3 is 11.9 Å². The van der Waals surface area contributed by atoms with Crippen LogP contribution in [-0.2, 0) is 24.5 Å². The molecule has 1 aromatic carbocycles. The molecule has 1 heterocycles. The van der Waals surface area contributed by atoms with Gasteiger partial charge in [-0.1, -0.05) is 45.7 Å². The van der Waals surface area contributed by atoms with Crippen LogP contribution < -0.4 is 5.32 Å². The first-order valence-corrected chi connectivity index (χ1v) is 10.6. The molecule has 1 unspecified atom stereocenters. The lowest BCUT2D eigenvalue weighted by molar-refractivity contribution is -0.271. The molecule has 1 saturated heterocycles. The van der Waals surface area contributed by atoms with Gasteiger partial charge in [0.25, 0.3) is 11.7 Å². The van der Waals surface area contributed by atoms with Crippen LogP contribution in [0.4, 0.5) is 0 Å². The smallest absolute Gasteiger partial charge is 0.364 e. The lowest BCUT2D eigenvalue weighted by Crippen LogP contribution is -2.47. The third-order valence-corrected chi connectivity index (χ3v) is 5.55. The minimum atomic E-state index is -1.60. The molecule has 0 radical (unpaired) electrons. The van der Waals surface area contributed by atoms with Crippen molar-refractivity contribution < 1.29 is 34.1 Å². The van der Waals surface area contributed by atoms with Gasteiger partial charge in [0, 0.05) is 18.4 Å². The van der Waals surface area contributed by atoms with Gasteiger partial charge in [0.15, 0.2) is 0 Å². The quantitative estimate of drug-likeness (QED) is 0.509. The lowest BCUT2D eigenvalue weighted by atomic mass is 9.86. The number of carboxylic acid groups (broad SMARTS) is 2. The van der Waals surface area contributed by atoms with E-state index in [0.717, 1.165) is 18.4 Å². The Hall–Kier alpha value is -2.45. The van der Waals surface area contributed by atoms with Crippen molar-refractivity contribution in [3.8, 4) is 0 Å². The summed E-state index contributed by atoms with van der Waals surface area (Å²) in [5, 5.41) is 21.1. The maximum Gasteiger partial charge on any atom is 0.364 e. The molecule has 8 heteroatoms. The number of carboxylic acids is 2. The Bertz CT molecular complexity index is 774. The Morgan fingerprint density at radius 1 is 1.10 bits per heavy atom. The van der Waals surface area contributed by atoms with Crippen molar-refractivity contribution in [1.29, 1.82) is 0 Å². The molecule has 0 spiro atoms. The molecule has 3 N–H and O–H groups in total. The SMILES string of the molecule is CC1(C(=O)O)OCC(CCCCC(NC(=O)c2ccc(C(C)(C)C)cc2)C(=O)O)CO1. The standard InChI is InChI=1S/C23H33NO7/c1-22(2,3)17-11-9-16(10-12-17)19(25)24-18(20(26)27)8-6-5-7-15-13-30-23(4,21(28)29)31-14-15/h9-12,15,18H,5-8,13-14H2,1-4H3,(H,24,25)(H,26,27)(H,28,29). The Morgan fingerprint density at radius 2 is 1.68 bits per heavy atom. The molecule has 1 aliphatic rings. The van der Waals surface area contributed by atoms with Crippen LogP contribution in [0.15, 0.2) is 24.3 Å². The van der Waals surface area contributed by atoms with Gasteiger partial charge in [0.05, 0.1) is 13.2 Å². The topological polar surface area (TPSA) is 122 Å². The average molecular weight is 436 g/mol. The molecule has 0 saturated carbocycles. The lowest BCUT2D eigenvalue weighted by Gasteiger charge is -2.34. The fourth-order valence-electron chi connectivity index (χ4n) is 3.34. The van der Waals surface area contributed by atoms with Gasteiger partial charge in [-0.05, 0) is 36.0 Å². The summed E-state index contributed by atoms with van der Waals surface area (Å²) in [4.78, 5) is 35.1. The summed E-state index contributed by atoms with van der Waals surface area (Å²) in [6.07, 6.45) is 2.36. The van der Waals surface area contributed by atoms with Crippen molar-refractivity contribution in [2.45, 2.75) is 70.6 Å². The molecular formula is C23H33NO7. The summed E-state index contributed by atoms with van der Waals surface area (Å²) < 4.78 is 10.6. The summed E-state index contributed by atoms with van der Waals surface area (Å²) in [5.41, 5.74) is 1.50. The van der Waals surface area contributed by atoms with Crippen molar-refractivity contribution in [1.82, 2.24) is 5.32 Å². The van der Waals surface area contributed by atoms with Crippen molar-refractivity contribution in [2.75, 3.05) is 13.2 Å². The van der Waals surface area contributed by atoms with Gasteiger partial charge in [-0.15, -0.1) is 0 Å². The van der Waals surface area contributed by atoms with Gasteiger partial charge in [-0.3, -0.25) is 4.79 Å². The Labute approximate surface area is 182 Å². The van der Waals surface area contributed by atoms with E-state index < -0.39 is 29.7 Å². The first-order valence-electron chi connectivity index (χ1n) is 10.6. The highest BCUT2D eigenvalue weighted by atomic mass is 16.7. The van der Waals surface area contributed by atoms with E-state index in [-0.39, 0.29) is 24.5 Å². The van der Waals surface area contributed by atoms with Crippen LogP contribution in [0.3, 0.4) is 0 Å². The van der Waals surface area contributed by atoms with Crippen LogP contribution in [-0.4, -0.2) is 53.1 Å². The summed E-state index contributed by atoms with van der Waals surface area (Å²) in [7, 11) is 0. The van der Waals surface area contributed by atoms with E-state index in [2.05, 4.69) is 26.1 Å². The van der Waals surface area contributed by atoms with Crippen LogP contribution in [0.2, 0.25) is 0 Å². The van der Waals surface area contributed by atoms with Crippen molar-refractivity contribution >= 4 is 17.8 Å². The van der Waals surface area contributed by atoms with E-state index in [0.29, 0.717) is 18.4 Å². The number of hydrogen-bond acceptors (Lipinski definition) is 5. The number of carbonyl (C=O) groups excluding carboxylic acids is 1. The average Bonchev–Trinajstić information content (AvgIpc) is 2.70. The van der Waals surface area contributed by atoms with E-state index >= 15 is 0 Å². The zero-order valence-electron chi connectivity index (χ0n) is 18.6. The second kappa shape index (κ2) is 10.2. The van der Waals surface area contributed by atoms with Crippen molar-refractivity contribution in [2.24, 2.45) is 5.92 Å². The third kappa shape index (κ3) is 7.04. The largest absolute Gasteiger partial charge is 0.480 e. The highest BCUT2D eigenvalue weighted by Crippen LogP contribution is 2.25. The number of nitrogens with one attached hydrogen (secondary N) is 1. The zero-order valence-corrected chi connectivity index (χ0v) is 18.6. The molecule has 31 heavy (non-hydrogen) atoms. The summed E-state index contributed by atoms with van der Waals surface area (Å²) in [5.74, 6) is -4.16. The van der Waals surface area contributed by atoms with Crippen LogP contribution >= 0.6 is 0 Å². The fraction of sp³-hybridized carbons (Fsp3) is 0.609. The Morgan fingerprint density at radius 3 is 2.16 bits per heavy atom. The highest BCUT2D eigenvalue weighted by molar-refractivity contribution is 5.96. The first-order chi connectivity index (χ1) is 14.4. The predicted octanol–water partition coefficient (Wildman–Crippen LogP) is 3.19. The van der Waals surface area contributed by atoms with Gasteiger partial charge in [0.2, 0.25) is 0 Å². The van der Waals surface area contributed by atoms with E-state index in [9.17, 15) is 19.5 Å². The number of rotatable bonds is 9. The number of aliphatic carboxylic acids is 2. The molecule has 0 bridgehead atoms. The maximum absolute atomic E-state index is 12.5. The second-order valence-corrected chi connectivity index (χ2v) is 9.21. The zero-order chi connectivity index (χ0) is 23.2.